The van der Waals surface area contributed by atoms with Crippen molar-refractivity contribution in [2.75, 3.05) is 0 Å². The molecule has 15 aromatic rings. The molecule has 0 saturated heterocycles. The van der Waals surface area contributed by atoms with Crippen molar-refractivity contribution in [3.05, 3.63) is 182 Å². The second-order valence-corrected chi connectivity index (χ2v) is 15.3. The molecule has 0 radical (unpaired) electrons. The predicted octanol–water partition coefficient (Wildman–Crippen LogP) is 14.2. The van der Waals surface area contributed by atoms with Gasteiger partial charge in [0, 0.05) is 76.0 Å². The largest absolute Gasteiger partial charge is 0.309 e. The Morgan fingerprint density at radius 2 is 0.845 bits per heavy atom. The van der Waals surface area contributed by atoms with E-state index in [9.17, 15) is 5.48 Å². The summed E-state index contributed by atoms with van der Waals surface area (Å²) in [5, 5.41) is 11.4. The van der Waals surface area contributed by atoms with E-state index in [1.807, 2.05) is 63.7 Å². The van der Waals surface area contributed by atoms with Crippen LogP contribution in [-0.2, 0) is 0 Å². The predicted molar refractivity (Wildman–Crippen MR) is 244 cm³/mol. The minimum atomic E-state index is -0.472. The van der Waals surface area contributed by atoms with Gasteiger partial charge in [0.15, 0.2) is 0 Å². The molecular weight excluding hydrogens is 705 g/mol. The number of nitrogens with zero attached hydrogens (tertiary/aromatic N) is 4. The third-order valence-corrected chi connectivity index (χ3v) is 12.8. The Morgan fingerprint density at radius 3 is 1.59 bits per heavy atom. The Hall–Kier alpha value is -7.82. The van der Waals surface area contributed by atoms with Gasteiger partial charge in [-0.05, 0) is 60.6 Å². The lowest BCUT2D eigenvalue weighted by molar-refractivity contribution is 1.18. The SMILES string of the molecule is [2H]c1c([2H])c([2H])c(-n2c3ccccc3c3c4c5cc6c7cccc8c9ccccc9n(c6cc5n5c4c(cc32)c2ccc3c4ccccc4n(-c4c([2H])c([2H])c([2H])c([2H])c4[2H])c3c25)c87)c([2H])c1[2H]. The molecule has 266 valence electrons. The molecule has 4 heteroatoms. The van der Waals surface area contributed by atoms with Crippen LogP contribution >= 0.6 is 0 Å². The van der Waals surface area contributed by atoms with Crippen LogP contribution in [0.15, 0.2) is 182 Å². The Morgan fingerprint density at radius 1 is 0.293 bits per heavy atom. The molecule has 58 heavy (non-hydrogen) atoms. The summed E-state index contributed by atoms with van der Waals surface area (Å²) in [6.45, 7) is 0. The molecule has 0 amide bonds. The van der Waals surface area contributed by atoms with Crippen LogP contribution in [0, 0.1) is 0 Å². The first-order chi connectivity index (χ1) is 33.0. The van der Waals surface area contributed by atoms with Crippen LogP contribution in [-0.4, -0.2) is 17.9 Å². The monoisotopic (exact) mass is 744 g/mol. The van der Waals surface area contributed by atoms with Gasteiger partial charge in [-0.25, -0.2) is 0 Å². The van der Waals surface area contributed by atoms with Crippen LogP contribution in [0.2, 0.25) is 0 Å². The Kier molecular flexibility index (Phi) is 3.85. The second-order valence-electron chi connectivity index (χ2n) is 15.3. The van der Waals surface area contributed by atoms with Gasteiger partial charge in [0.1, 0.15) is 0 Å². The van der Waals surface area contributed by atoms with E-state index in [4.69, 9.17) is 8.22 Å². The van der Waals surface area contributed by atoms with Crippen molar-refractivity contribution in [1.29, 1.82) is 0 Å². The average molecular weight is 745 g/mol. The molecule has 9 aromatic carbocycles. The van der Waals surface area contributed by atoms with Gasteiger partial charge in [-0.2, -0.15) is 0 Å². The highest BCUT2D eigenvalue weighted by molar-refractivity contribution is 6.39. The first kappa shape index (κ1) is 22.1. The van der Waals surface area contributed by atoms with E-state index in [1.165, 1.54) is 0 Å². The molecule has 0 aliphatic rings. The van der Waals surface area contributed by atoms with Crippen molar-refractivity contribution in [3.63, 3.8) is 0 Å². The molecule has 6 aromatic heterocycles. The van der Waals surface area contributed by atoms with Crippen LogP contribution in [0.3, 0.4) is 0 Å². The number of hydrogen-bond donors (Lipinski definition) is 0. The summed E-state index contributed by atoms with van der Waals surface area (Å²) in [6.07, 6.45) is 0. The van der Waals surface area contributed by atoms with E-state index in [1.54, 1.807) is 0 Å². The van der Waals surface area contributed by atoms with Crippen molar-refractivity contribution < 1.29 is 13.7 Å². The fraction of sp³-hybridized carbons (Fsp3) is 0. The maximum absolute atomic E-state index is 9.32. The maximum atomic E-state index is 9.32. The molecule has 0 N–H and O–H groups in total. The van der Waals surface area contributed by atoms with Crippen molar-refractivity contribution in [3.8, 4) is 11.4 Å². The van der Waals surface area contributed by atoms with Crippen molar-refractivity contribution in [2.24, 2.45) is 0 Å². The van der Waals surface area contributed by atoms with Gasteiger partial charge in [0.25, 0.3) is 0 Å². The lowest BCUT2D eigenvalue weighted by atomic mass is 10.00. The third kappa shape index (κ3) is 3.30. The fourth-order valence-electron chi connectivity index (χ4n) is 10.7. The second kappa shape index (κ2) is 10.1. The molecule has 0 saturated carbocycles. The Bertz CT molecular complexity index is 4810. The first-order valence-corrected chi connectivity index (χ1v) is 19.3. The van der Waals surface area contributed by atoms with E-state index in [0.717, 1.165) is 97.7 Å². The number of benzene rings is 9. The molecule has 6 heterocycles. The molecule has 0 aliphatic heterocycles. The first-order valence-electron chi connectivity index (χ1n) is 24.3. The molecular formula is C54H30N4. The zero-order chi connectivity index (χ0) is 46.1. The van der Waals surface area contributed by atoms with Crippen molar-refractivity contribution in [1.82, 2.24) is 17.9 Å². The zero-order valence-electron chi connectivity index (χ0n) is 40.3. The summed E-state index contributed by atoms with van der Waals surface area (Å²) >= 11 is 0. The van der Waals surface area contributed by atoms with Crippen LogP contribution in [0.25, 0.3) is 131 Å². The van der Waals surface area contributed by atoms with Crippen LogP contribution in [0.1, 0.15) is 13.7 Å². The van der Waals surface area contributed by atoms with Gasteiger partial charge in [0.2, 0.25) is 0 Å². The summed E-state index contributed by atoms with van der Waals surface area (Å²) in [5.41, 5.74) is 8.54. The van der Waals surface area contributed by atoms with E-state index in [2.05, 4.69) is 75.5 Å². The lowest BCUT2D eigenvalue weighted by Crippen LogP contribution is -1.95. The molecule has 0 aliphatic carbocycles. The average Bonchev–Trinajstić information content (AvgIpc) is 4.19. The van der Waals surface area contributed by atoms with Gasteiger partial charge in [-0.15, -0.1) is 0 Å². The number of fused-ring (bicyclic) bond motifs is 20. The summed E-state index contributed by atoms with van der Waals surface area (Å²) in [6, 6.07) is 37.2. The normalized spacial score (nSPS) is 15.2. The van der Waals surface area contributed by atoms with Crippen molar-refractivity contribution in [2.45, 2.75) is 0 Å². The zero-order valence-corrected chi connectivity index (χ0v) is 30.3. The van der Waals surface area contributed by atoms with Crippen LogP contribution in [0.4, 0.5) is 0 Å². The highest BCUT2D eigenvalue weighted by Gasteiger charge is 2.28. The maximum Gasteiger partial charge on any atom is 0.0789 e. The summed E-state index contributed by atoms with van der Waals surface area (Å²) in [4.78, 5) is 0. The fourth-order valence-corrected chi connectivity index (χ4v) is 10.7. The van der Waals surface area contributed by atoms with Gasteiger partial charge < -0.3 is 17.9 Å². The molecule has 0 bridgehead atoms. The summed E-state index contributed by atoms with van der Waals surface area (Å²) in [5.74, 6) is 0. The molecule has 0 fully saturated rings. The molecule has 0 unspecified atom stereocenters. The van der Waals surface area contributed by atoms with Gasteiger partial charge >= 0.3 is 0 Å². The quantitative estimate of drug-likeness (QED) is 0.168. The summed E-state index contributed by atoms with van der Waals surface area (Å²) in [7, 11) is 0. The van der Waals surface area contributed by atoms with Crippen molar-refractivity contribution >= 4 is 120 Å². The minimum absolute atomic E-state index is 0.0422. The molecule has 15 rings (SSSR count). The van der Waals surface area contributed by atoms with E-state index < -0.39 is 36.3 Å². The molecule has 0 atom stereocenters. The van der Waals surface area contributed by atoms with Crippen LogP contribution < -0.4 is 0 Å². The Balaban J connectivity index is 1.26. The summed E-state index contributed by atoms with van der Waals surface area (Å²) < 4.78 is 97.5. The number of aromatic nitrogens is 4. The van der Waals surface area contributed by atoms with E-state index in [0.29, 0.717) is 22.1 Å². The third-order valence-electron chi connectivity index (χ3n) is 12.8. The minimum Gasteiger partial charge on any atom is -0.309 e. The molecule has 0 spiro atoms. The van der Waals surface area contributed by atoms with Crippen LogP contribution in [0.5, 0.6) is 0 Å². The van der Waals surface area contributed by atoms with E-state index in [-0.39, 0.29) is 35.5 Å². The Labute approximate surface area is 343 Å². The molecule has 4 nitrogen and oxygen atoms in total. The number of rotatable bonds is 2. The van der Waals surface area contributed by atoms with Gasteiger partial charge in [0.05, 0.1) is 68.9 Å². The van der Waals surface area contributed by atoms with Gasteiger partial charge in [-0.1, -0.05) is 121 Å². The highest BCUT2D eigenvalue weighted by atomic mass is 15.0. The topological polar surface area (TPSA) is 18.7 Å². The number of para-hydroxylation sites is 6. The smallest absolute Gasteiger partial charge is 0.0789 e. The number of hydrogen-bond acceptors (Lipinski definition) is 0. The lowest BCUT2D eigenvalue weighted by Gasteiger charge is -2.09. The van der Waals surface area contributed by atoms with Gasteiger partial charge in [-0.3, -0.25) is 0 Å². The van der Waals surface area contributed by atoms with E-state index >= 15 is 0 Å². The highest BCUT2D eigenvalue weighted by Crippen LogP contribution is 2.50. The standard InChI is InChI=1S/C54H30N4/c1-3-14-31(15-4-1)55-45-25-12-9-20-39(45)49-48(55)29-41-38-27-26-37-34-19-7-10-23-43(34)56(32-16-5-2-6-17-32)53(37)54(38)58-47-30-46-40(28-42(47)50(49)52(41)58)36-22-13-21-35-33-18-8-11-24-44(33)57(46)51(35)36/h1-30H/i1D,2D,3D,4D,5D,6D,14D,15D,16D,17D.